The van der Waals surface area contributed by atoms with Gasteiger partial charge in [-0.25, -0.2) is 10.2 Å². The summed E-state index contributed by atoms with van der Waals surface area (Å²) in [5.74, 6) is 0.241. The third-order valence-electron chi connectivity index (χ3n) is 3.58. The number of carbonyl (C=O) groups is 2. The van der Waals surface area contributed by atoms with Crippen LogP contribution in [0.4, 0.5) is 10.5 Å². The summed E-state index contributed by atoms with van der Waals surface area (Å²) in [4.78, 5) is 25.2. The SMILES string of the molecule is COc1cccc(/C=C2/SC(=S)N(NC(=O)Nc3ccc(Cl)c(Cl)c3)C2=O)c1. The van der Waals surface area contributed by atoms with E-state index in [0.717, 1.165) is 22.3 Å². The third-order valence-corrected chi connectivity index (χ3v) is 5.62. The largest absolute Gasteiger partial charge is 0.497 e. The number of carbonyl (C=O) groups excluding carboxylic acids is 2. The van der Waals surface area contributed by atoms with E-state index < -0.39 is 11.9 Å². The summed E-state index contributed by atoms with van der Waals surface area (Å²) < 4.78 is 5.38. The van der Waals surface area contributed by atoms with Gasteiger partial charge in [-0.1, -0.05) is 47.1 Å². The molecule has 10 heteroatoms. The van der Waals surface area contributed by atoms with E-state index in [0.29, 0.717) is 26.4 Å². The number of halogens is 2. The fourth-order valence-electron chi connectivity index (χ4n) is 2.28. The van der Waals surface area contributed by atoms with Crippen LogP contribution in [0.1, 0.15) is 5.56 Å². The standard InChI is InChI=1S/C18H13Cl2N3O3S2/c1-26-12-4-2-3-10(7-12)8-15-16(24)23(18(27)28-15)22-17(25)21-11-5-6-13(19)14(20)9-11/h2-9H,1H3,(H2,21,22,25)/b15-8+. The minimum atomic E-state index is -0.641. The number of hydrogen-bond donors (Lipinski definition) is 2. The molecule has 0 bridgehead atoms. The summed E-state index contributed by atoms with van der Waals surface area (Å²) in [5.41, 5.74) is 3.63. The van der Waals surface area contributed by atoms with Crippen LogP contribution in [0.5, 0.6) is 5.75 Å². The van der Waals surface area contributed by atoms with Gasteiger partial charge in [0.2, 0.25) is 0 Å². The molecule has 0 aromatic heterocycles. The van der Waals surface area contributed by atoms with Crippen LogP contribution < -0.4 is 15.5 Å². The van der Waals surface area contributed by atoms with Crippen LogP contribution in [0, 0.1) is 0 Å². The van der Waals surface area contributed by atoms with Crippen LogP contribution in [-0.2, 0) is 4.79 Å². The molecule has 0 saturated carbocycles. The number of urea groups is 1. The second kappa shape index (κ2) is 8.83. The van der Waals surface area contributed by atoms with Gasteiger partial charge < -0.3 is 10.1 Å². The number of hydrogen-bond acceptors (Lipinski definition) is 5. The number of ether oxygens (including phenoxy) is 1. The van der Waals surface area contributed by atoms with E-state index in [9.17, 15) is 9.59 Å². The Balaban J connectivity index is 1.70. The van der Waals surface area contributed by atoms with E-state index in [1.54, 1.807) is 37.5 Å². The Morgan fingerprint density at radius 3 is 2.71 bits per heavy atom. The van der Waals surface area contributed by atoms with Crippen molar-refractivity contribution in [1.82, 2.24) is 10.4 Å². The molecular weight excluding hydrogens is 441 g/mol. The van der Waals surface area contributed by atoms with Crippen molar-refractivity contribution in [2.75, 3.05) is 12.4 Å². The molecule has 3 rings (SSSR count). The molecule has 1 fully saturated rings. The zero-order valence-electron chi connectivity index (χ0n) is 14.4. The topological polar surface area (TPSA) is 70.7 Å². The zero-order valence-corrected chi connectivity index (χ0v) is 17.5. The van der Waals surface area contributed by atoms with Crippen molar-refractivity contribution in [1.29, 1.82) is 0 Å². The second-order valence-corrected chi connectivity index (χ2v) is 7.98. The highest BCUT2D eigenvalue weighted by atomic mass is 35.5. The first-order valence-corrected chi connectivity index (χ1v) is 9.80. The summed E-state index contributed by atoms with van der Waals surface area (Å²) in [6.45, 7) is 0. The van der Waals surface area contributed by atoms with Gasteiger partial charge in [0, 0.05) is 5.69 Å². The second-order valence-electron chi connectivity index (χ2n) is 5.49. The number of nitrogens with zero attached hydrogens (tertiary/aromatic N) is 1. The average Bonchev–Trinajstić information content (AvgIpc) is 2.92. The predicted octanol–water partition coefficient (Wildman–Crippen LogP) is 4.94. The Bertz CT molecular complexity index is 998. The minimum Gasteiger partial charge on any atom is -0.497 e. The zero-order chi connectivity index (χ0) is 20.3. The van der Waals surface area contributed by atoms with E-state index in [-0.39, 0.29) is 4.32 Å². The third kappa shape index (κ3) is 4.77. The maximum Gasteiger partial charge on any atom is 0.338 e. The van der Waals surface area contributed by atoms with Crippen LogP contribution in [0.25, 0.3) is 6.08 Å². The summed E-state index contributed by atoms with van der Waals surface area (Å²) in [6.07, 6.45) is 1.68. The number of rotatable bonds is 4. The minimum absolute atomic E-state index is 0.212. The highest BCUT2D eigenvalue weighted by Crippen LogP contribution is 2.32. The van der Waals surface area contributed by atoms with Crippen molar-refractivity contribution in [3.05, 3.63) is 63.0 Å². The molecule has 0 radical (unpaired) electrons. The number of benzene rings is 2. The summed E-state index contributed by atoms with van der Waals surface area (Å²) >= 11 is 18.1. The highest BCUT2D eigenvalue weighted by molar-refractivity contribution is 8.26. The molecule has 0 spiro atoms. The molecule has 0 atom stereocenters. The van der Waals surface area contributed by atoms with Gasteiger partial charge in [0.1, 0.15) is 5.75 Å². The van der Waals surface area contributed by atoms with Crippen molar-refractivity contribution >= 4 is 75.2 Å². The maximum absolute atomic E-state index is 12.6. The van der Waals surface area contributed by atoms with Gasteiger partial charge in [0.25, 0.3) is 5.91 Å². The number of thioether (sulfide) groups is 1. The number of methoxy groups -OCH3 is 1. The van der Waals surface area contributed by atoms with Gasteiger partial charge in [0.15, 0.2) is 4.32 Å². The van der Waals surface area contributed by atoms with Gasteiger partial charge >= 0.3 is 6.03 Å². The molecule has 2 N–H and O–H groups in total. The van der Waals surface area contributed by atoms with Crippen molar-refractivity contribution in [2.24, 2.45) is 0 Å². The first-order chi connectivity index (χ1) is 13.4. The molecule has 1 saturated heterocycles. The van der Waals surface area contributed by atoms with Gasteiger partial charge in [-0.3, -0.25) is 4.79 Å². The van der Waals surface area contributed by atoms with Crippen LogP contribution in [-0.4, -0.2) is 28.4 Å². The molecule has 0 unspecified atom stereocenters. The normalized spacial score (nSPS) is 15.1. The lowest BCUT2D eigenvalue weighted by molar-refractivity contribution is -0.123. The van der Waals surface area contributed by atoms with E-state index >= 15 is 0 Å². The van der Waals surface area contributed by atoms with Gasteiger partial charge in [-0.15, -0.1) is 0 Å². The fourth-order valence-corrected chi connectivity index (χ4v) is 3.76. The summed E-state index contributed by atoms with van der Waals surface area (Å²) in [5, 5.41) is 4.24. The molecule has 1 heterocycles. The molecule has 1 aliphatic heterocycles. The van der Waals surface area contributed by atoms with Crippen molar-refractivity contribution in [2.45, 2.75) is 0 Å². The Morgan fingerprint density at radius 2 is 2.00 bits per heavy atom. The summed E-state index contributed by atoms with van der Waals surface area (Å²) in [6, 6.07) is 11.2. The van der Waals surface area contributed by atoms with Gasteiger partial charge in [-0.2, -0.15) is 5.01 Å². The lowest BCUT2D eigenvalue weighted by atomic mass is 10.2. The van der Waals surface area contributed by atoms with Crippen LogP contribution in [0.15, 0.2) is 47.4 Å². The number of thiocarbonyl (C=S) groups is 1. The Labute approximate surface area is 180 Å². The van der Waals surface area contributed by atoms with Crippen LogP contribution in [0.3, 0.4) is 0 Å². The molecule has 2 aromatic rings. The smallest absolute Gasteiger partial charge is 0.338 e. The van der Waals surface area contributed by atoms with Gasteiger partial charge in [-0.05, 0) is 54.2 Å². The number of hydrazine groups is 1. The number of nitrogens with one attached hydrogen (secondary N) is 2. The number of anilines is 1. The van der Waals surface area contributed by atoms with Gasteiger partial charge in [0.05, 0.1) is 22.1 Å². The summed E-state index contributed by atoms with van der Waals surface area (Å²) in [7, 11) is 1.56. The highest BCUT2D eigenvalue weighted by Gasteiger charge is 2.33. The maximum atomic E-state index is 12.6. The predicted molar refractivity (Wildman–Crippen MR) is 117 cm³/mol. The molecule has 2 aromatic carbocycles. The molecule has 1 aliphatic rings. The van der Waals surface area contributed by atoms with Crippen LogP contribution >= 0.6 is 47.2 Å². The van der Waals surface area contributed by atoms with Crippen molar-refractivity contribution < 1.29 is 14.3 Å². The van der Waals surface area contributed by atoms with E-state index in [1.165, 1.54) is 6.07 Å². The molecular formula is C18H13Cl2N3O3S2. The molecule has 144 valence electrons. The Kier molecular flexibility index (Phi) is 6.46. The Morgan fingerprint density at radius 1 is 1.21 bits per heavy atom. The average molecular weight is 454 g/mol. The van der Waals surface area contributed by atoms with Crippen LogP contribution in [0.2, 0.25) is 10.0 Å². The molecule has 28 heavy (non-hydrogen) atoms. The Hall–Kier alpha value is -2.26. The van der Waals surface area contributed by atoms with E-state index in [2.05, 4.69) is 10.7 Å². The quantitative estimate of drug-likeness (QED) is 0.506. The van der Waals surface area contributed by atoms with Crippen molar-refractivity contribution in [3.8, 4) is 5.75 Å². The molecule has 3 amide bonds. The monoisotopic (exact) mass is 453 g/mol. The molecule has 6 nitrogen and oxygen atoms in total. The van der Waals surface area contributed by atoms with E-state index in [1.807, 2.05) is 12.1 Å². The van der Waals surface area contributed by atoms with E-state index in [4.69, 9.17) is 40.2 Å². The lowest BCUT2D eigenvalue weighted by Gasteiger charge is -2.16. The first kappa shape index (κ1) is 20.5. The lowest BCUT2D eigenvalue weighted by Crippen LogP contribution is -2.46. The molecule has 0 aliphatic carbocycles. The van der Waals surface area contributed by atoms with Crippen molar-refractivity contribution in [3.63, 3.8) is 0 Å². The first-order valence-electron chi connectivity index (χ1n) is 7.82. The number of amides is 3. The fraction of sp³-hybridized carbons (Fsp3) is 0.0556.